The van der Waals surface area contributed by atoms with Crippen molar-refractivity contribution in [3.63, 3.8) is 0 Å². The minimum atomic E-state index is -0.947. The Bertz CT molecular complexity index is 576. The van der Waals surface area contributed by atoms with Gasteiger partial charge in [-0.1, -0.05) is 0 Å². The van der Waals surface area contributed by atoms with E-state index in [1.165, 1.54) is 25.1 Å². The Hall–Kier alpha value is -2.35. The van der Waals surface area contributed by atoms with Crippen molar-refractivity contribution in [2.45, 2.75) is 31.9 Å². The van der Waals surface area contributed by atoms with Gasteiger partial charge in [-0.2, -0.15) is 0 Å². The summed E-state index contributed by atoms with van der Waals surface area (Å²) in [4.78, 5) is 22.4. The smallest absolute Gasteiger partial charge is 0.318 e. The zero-order valence-electron chi connectivity index (χ0n) is 12.8. The fraction of sp³-hybridized carbons (Fsp3) is 0.467. The Labute approximate surface area is 133 Å². The van der Waals surface area contributed by atoms with Crippen LogP contribution in [0.5, 0.6) is 5.75 Å². The molecule has 8 heteroatoms. The number of primary amides is 1. The van der Waals surface area contributed by atoms with Crippen LogP contribution < -0.4 is 21.1 Å². The fourth-order valence-electron chi connectivity index (χ4n) is 2.23. The number of amides is 3. The second-order valence-electron chi connectivity index (χ2n) is 5.31. The molecule has 23 heavy (non-hydrogen) atoms. The van der Waals surface area contributed by atoms with Gasteiger partial charge in [0.25, 0.3) is 0 Å². The second kappa shape index (κ2) is 7.77. The molecule has 0 spiro atoms. The van der Waals surface area contributed by atoms with Gasteiger partial charge in [-0.25, -0.2) is 9.18 Å². The third-order valence-corrected chi connectivity index (χ3v) is 3.40. The lowest BCUT2D eigenvalue weighted by molar-refractivity contribution is -0.120. The van der Waals surface area contributed by atoms with Gasteiger partial charge in [0, 0.05) is 12.7 Å². The first-order chi connectivity index (χ1) is 11.0. The highest BCUT2D eigenvalue weighted by Crippen LogP contribution is 2.27. The van der Waals surface area contributed by atoms with E-state index in [1.807, 2.05) is 5.32 Å². The first-order valence-corrected chi connectivity index (χ1v) is 7.36. The van der Waals surface area contributed by atoms with Crippen molar-refractivity contribution in [3.8, 4) is 5.75 Å². The molecule has 2 unspecified atom stereocenters. The number of rotatable bonds is 6. The molecular weight excluding hydrogens is 305 g/mol. The highest BCUT2D eigenvalue weighted by atomic mass is 19.1. The minimum absolute atomic E-state index is 0.0171. The van der Waals surface area contributed by atoms with Crippen LogP contribution in [0.1, 0.15) is 19.8 Å². The van der Waals surface area contributed by atoms with Gasteiger partial charge in [0.1, 0.15) is 24.2 Å². The van der Waals surface area contributed by atoms with Crippen LogP contribution in [0.4, 0.5) is 14.9 Å². The highest BCUT2D eigenvalue weighted by molar-refractivity contribution is 5.97. The Morgan fingerprint density at radius 2 is 2.30 bits per heavy atom. The Balaban J connectivity index is 2.02. The topological polar surface area (TPSA) is 103 Å². The summed E-state index contributed by atoms with van der Waals surface area (Å²) in [5.41, 5.74) is 5.21. The van der Waals surface area contributed by atoms with Crippen LogP contribution in [-0.2, 0) is 9.53 Å². The van der Waals surface area contributed by atoms with Crippen molar-refractivity contribution in [2.75, 3.05) is 18.5 Å². The minimum Gasteiger partial charge on any atom is -0.489 e. The zero-order chi connectivity index (χ0) is 16.8. The van der Waals surface area contributed by atoms with E-state index in [0.29, 0.717) is 24.7 Å². The lowest BCUT2D eigenvalue weighted by Gasteiger charge is -2.18. The zero-order valence-corrected chi connectivity index (χ0v) is 12.8. The van der Waals surface area contributed by atoms with E-state index < -0.39 is 23.8 Å². The average Bonchev–Trinajstić information content (AvgIpc) is 2.99. The predicted molar refractivity (Wildman–Crippen MR) is 81.7 cm³/mol. The lowest BCUT2D eigenvalue weighted by Crippen LogP contribution is -2.43. The summed E-state index contributed by atoms with van der Waals surface area (Å²) in [5.74, 6) is -0.688. The number of nitrogens with two attached hydrogens (primary N) is 1. The van der Waals surface area contributed by atoms with Crippen molar-refractivity contribution in [2.24, 2.45) is 5.73 Å². The normalized spacial score (nSPS) is 18.3. The van der Waals surface area contributed by atoms with Gasteiger partial charge < -0.3 is 20.5 Å². The van der Waals surface area contributed by atoms with Crippen LogP contribution in [-0.4, -0.2) is 37.3 Å². The van der Waals surface area contributed by atoms with Crippen LogP contribution >= 0.6 is 0 Å². The molecule has 7 nitrogen and oxygen atoms in total. The van der Waals surface area contributed by atoms with E-state index >= 15 is 0 Å². The molecule has 0 radical (unpaired) electrons. The van der Waals surface area contributed by atoms with Crippen LogP contribution in [0.15, 0.2) is 18.2 Å². The standard InChI is InChI=1S/C15H20FN3O4/c1-9(14(20)19-15(17)21)18-12-7-10(16)4-5-13(12)23-8-11-3-2-6-22-11/h4-5,7,9,11,18H,2-3,6,8H2,1H3,(H3,17,19,20,21). The van der Waals surface area contributed by atoms with Gasteiger partial charge in [-0.3, -0.25) is 10.1 Å². The van der Waals surface area contributed by atoms with Gasteiger partial charge in [-0.05, 0) is 31.9 Å². The van der Waals surface area contributed by atoms with Gasteiger partial charge in [0.15, 0.2) is 0 Å². The third kappa shape index (κ3) is 5.10. The molecule has 1 fully saturated rings. The first-order valence-electron chi connectivity index (χ1n) is 7.36. The molecule has 2 rings (SSSR count). The molecular formula is C15H20FN3O4. The molecule has 2 atom stereocenters. The molecule has 0 bridgehead atoms. The Morgan fingerprint density at radius 3 is 2.96 bits per heavy atom. The summed E-state index contributed by atoms with van der Waals surface area (Å²) < 4.78 is 24.6. The maximum atomic E-state index is 13.5. The number of nitrogens with one attached hydrogen (secondary N) is 2. The molecule has 0 aromatic heterocycles. The molecule has 126 valence electrons. The number of carbonyl (C=O) groups is 2. The van der Waals surface area contributed by atoms with Crippen molar-refractivity contribution in [3.05, 3.63) is 24.0 Å². The van der Waals surface area contributed by atoms with Gasteiger partial charge in [0.2, 0.25) is 5.91 Å². The third-order valence-electron chi connectivity index (χ3n) is 3.40. The molecule has 0 saturated carbocycles. The number of hydrogen-bond acceptors (Lipinski definition) is 5. The number of imide groups is 1. The average molecular weight is 325 g/mol. The van der Waals surface area contributed by atoms with E-state index in [9.17, 15) is 14.0 Å². The first kappa shape index (κ1) is 17.0. The molecule has 0 aliphatic carbocycles. The Morgan fingerprint density at radius 1 is 1.52 bits per heavy atom. The summed E-state index contributed by atoms with van der Waals surface area (Å²) in [6, 6.07) is 2.22. The molecule has 1 aliphatic heterocycles. The maximum Gasteiger partial charge on any atom is 0.318 e. The molecule has 3 amide bonds. The SMILES string of the molecule is CC(Nc1cc(F)ccc1OCC1CCCO1)C(=O)NC(N)=O. The molecule has 4 N–H and O–H groups in total. The number of halogens is 1. The van der Waals surface area contributed by atoms with E-state index in [4.69, 9.17) is 15.2 Å². The number of benzene rings is 1. The molecule has 1 aromatic rings. The van der Waals surface area contributed by atoms with Crippen molar-refractivity contribution in [1.82, 2.24) is 5.32 Å². The largest absolute Gasteiger partial charge is 0.489 e. The van der Waals surface area contributed by atoms with Crippen LogP contribution in [0.3, 0.4) is 0 Å². The van der Waals surface area contributed by atoms with Crippen molar-refractivity contribution < 1.29 is 23.5 Å². The Kier molecular flexibility index (Phi) is 5.75. The van der Waals surface area contributed by atoms with Crippen LogP contribution in [0, 0.1) is 5.82 Å². The lowest BCUT2D eigenvalue weighted by atomic mass is 10.2. The second-order valence-corrected chi connectivity index (χ2v) is 5.31. The number of hydrogen-bond donors (Lipinski definition) is 3. The van der Waals surface area contributed by atoms with E-state index in [1.54, 1.807) is 0 Å². The monoisotopic (exact) mass is 325 g/mol. The highest BCUT2D eigenvalue weighted by Gasteiger charge is 2.19. The van der Waals surface area contributed by atoms with Gasteiger partial charge >= 0.3 is 6.03 Å². The molecule has 1 heterocycles. The molecule has 1 aliphatic rings. The van der Waals surface area contributed by atoms with Crippen LogP contribution in [0.2, 0.25) is 0 Å². The number of carbonyl (C=O) groups excluding carboxylic acids is 2. The summed E-state index contributed by atoms with van der Waals surface area (Å²) in [5, 5.41) is 4.76. The van der Waals surface area contributed by atoms with Crippen molar-refractivity contribution in [1.29, 1.82) is 0 Å². The quantitative estimate of drug-likeness (QED) is 0.733. The van der Waals surface area contributed by atoms with Crippen LogP contribution in [0.25, 0.3) is 0 Å². The summed E-state index contributed by atoms with van der Waals surface area (Å²) in [6.07, 6.45) is 1.93. The van der Waals surface area contributed by atoms with E-state index in [-0.39, 0.29) is 6.10 Å². The number of urea groups is 1. The summed E-state index contributed by atoms with van der Waals surface area (Å²) in [7, 11) is 0. The predicted octanol–water partition coefficient (Wildman–Crippen LogP) is 1.38. The number of ether oxygens (including phenoxy) is 2. The van der Waals surface area contributed by atoms with Gasteiger partial charge in [-0.15, -0.1) is 0 Å². The maximum absolute atomic E-state index is 13.5. The summed E-state index contributed by atoms with van der Waals surface area (Å²) in [6.45, 7) is 2.59. The van der Waals surface area contributed by atoms with Crippen molar-refractivity contribution >= 4 is 17.6 Å². The molecule has 1 saturated heterocycles. The van der Waals surface area contributed by atoms with E-state index in [0.717, 1.165) is 12.8 Å². The summed E-state index contributed by atoms with van der Waals surface area (Å²) >= 11 is 0. The fourth-order valence-corrected chi connectivity index (χ4v) is 2.23. The number of anilines is 1. The molecule has 1 aromatic carbocycles. The van der Waals surface area contributed by atoms with Gasteiger partial charge in [0.05, 0.1) is 11.8 Å². The van der Waals surface area contributed by atoms with E-state index in [2.05, 4.69) is 5.32 Å².